The lowest BCUT2D eigenvalue weighted by molar-refractivity contribution is 0.284. The monoisotopic (exact) mass is 494 g/mol. The van der Waals surface area contributed by atoms with E-state index in [0.29, 0.717) is 5.75 Å². The molecule has 0 saturated heterocycles. The van der Waals surface area contributed by atoms with E-state index in [9.17, 15) is 5.11 Å². The Bertz CT molecular complexity index is 1380. The van der Waals surface area contributed by atoms with Crippen LogP contribution in [0, 0.1) is 5.41 Å². The van der Waals surface area contributed by atoms with Crippen molar-refractivity contribution in [3.8, 4) is 16.9 Å². The van der Waals surface area contributed by atoms with Crippen LogP contribution in [0.4, 0.5) is 0 Å². The number of unbranched alkanes of at least 4 members (excludes halogenated alkanes) is 2. The van der Waals surface area contributed by atoms with E-state index in [4.69, 9.17) is 0 Å². The summed E-state index contributed by atoms with van der Waals surface area (Å²) in [5.74, 6) is 0.359. The maximum Gasteiger partial charge on any atom is 0.123 e. The Morgan fingerprint density at radius 2 is 1.30 bits per heavy atom. The SMILES string of the molecule is CCCCc1ccc2c(-c3cc(C(C)(C)CC(C)(C)C)ccc3O)c3cc(CCCC)ccc3cc2c1. The first-order chi connectivity index (χ1) is 17.5. The first-order valence-corrected chi connectivity index (χ1v) is 14.3. The quantitative estimate of drug-likeness (QED) is 0.229. The molecule has 37 heavy (non-hydrogen) atoms. The molecule has 0 bridgehead atoms. The molecule has 4 aromatic rings. The molecule has 4 rings (SSSR count). The van der Waals surface area contributed by atoms with Crippen LogP contribution in [0.1, 0.15) is 97.3 Å². The van der Waals surface area contributed by atoms with E-state index in [1.165, 1.54) is 69.5 Å². The molecular formula is C36H46O. The van der Waals surface area contributed by atoms with E-state index < -0.39 is 0 Å². The summed E-state index contributed by atoms with van der Waals surface area (Å²) in [6.45, 7) is 16.1. The Labute approximate surface area is 224 Å². The maximum atomic E-state index is 11.3. The molecule has 196 valence electrons. The third-order valence-corrected chi connectivity index (χ3v) is 7.74. The van der Waals surface area contributed by atoms with Gasteiger partial charge in [-0.1, -0.05) is 104 Å². The van der Waals surface area contributed by atoms with Crippen molar-refractivity contribution in [2.75, 3.05) is 0 Å². The van der Waals surface area contributed by atoms with Crippen LogP contribution in [0.3, 0.4) is 0 Å². The zero-order valence-electron chi connectivity index (χ0n) is 24.2. The summed E-state index contributed by atoms with van der Waals surface area (Å²) in [5.41, 5.74) is 6.38. The molecule has 1 N–H and O–H groups in total. The van der Waals surface area contributed by atoms with E-state index in [0.717, 1.165) is 24.8 Å². The highest BCUT2D eigenvalue weighted by atomic mass is 16.3. The number of hydrogen-bond acceptors (Lipinski definition) is 1. The topological polar surface area (TPSA) is 20.2 Å². The van der Waals surface area contributed by atoms with Crippen molar-refractivity contribution in [1.29, 1.82) is 0 Å². The van der Waals surface area contributed by atoms with Crippen LogP contribution in [-0.2, 0) is 18.3 Å². The van der Waals surface area contributed by atoms with Gasteiger partial charge in [0.1, 0.15) is 5.75 Å². The number of aryl methyl sites for hydroxylation is 2. The van der Waals surface area contributed by atoms with Crippen LogP contribution in [0.15, 0.2) is 60.7 Å². The van der Waals surface area contributed by atoms with Crippen LogP contribution in [0.2, 0.25) is 0 Å². The summed E-state index contributed by atoms with van der Waals surface area (Å²) in [6.07, 6.45) is 8.06. The molecule has 0 radical (unpaired) electrons. The molecule has 0 atom stereocenters. The van der Waals surface area contributed by atoms with Gasteiger partial charge in [-0.05, 0) is 99.4 Å². The zero-order valence-corrected chi connectivity index (χ0v) is 24.2. The van der Waals surface area contributed by atoms with Gasteiger partial charge in [0, 0.05) is 11.1 Å². The molecule has 0 saturated carbocycles. The van der Waals surface area contributed by atoms with E-state index >= 15 is 0 Å². The van der Waals surface area contributed by atoms with Gasteiger partial charge < -0.3 is 5.11 Å². The highest BCUT2D eigenvalue weighted by Crippen LogP contribution is 2.44. The number of hydrogen-bond donors (Lipinski definition) is 1. The fraction of sp³-hybridized carbons (Fsp3) is 0.444. The molecule has 0 heterocycles. The van der Waals surface area contributed by atoms with Gasteiger partial charge in [0.15, 0.2) is 0 Å². The summed E-state index contributed by atoms with van der Waals surface area (Å²) >= 11 is 0. The largest absolute Gasteiger partial charge is 0.507 e. The van der Waals surface area contributed by atoms with Crippen molar-refractivity contribution in [2.24, 2.45) is 5.41 Å². The Kier molecular flexibility index (Phi) is 8.02. The van der Waals surface area contributed by atoms with E-state index in [-0.39, 0.29) is 10.8 Å². The van der Waals surface area contributed by atoms with Gasteiger partial charge in [-0.2, -0.15) is 0 Å². The minimum Gasteiger partial charge on any atom is -0.507 e. The minimum atomic E-state index is 0.000690. The number of benzene rings is 4. The number of phenolic OH excluding ortho intramolecular Hbond substituents is 1. The van der Waals surface area contributed by atoms with Crippen molar-refractivity contribution in [3.63, 3.8) is 0 Å². The number of fused-ring (bicyclic) bond motifs is 2. The predicted octanol–water partition coefficient (Wildman–Crippen LogP) is 10.8. The van der Waals surface area contributed by atoms with Gasteiger partial charge in [-0.3, -0.25) is 0 Å². The Morgan fingerprint density at radius 1 is 0.649 bits per heavy atom. The van der Waals surface area contributed by atoms with Crippen LogP contribution in [0.5, 0.6) is 5.75 Å². The zero-order chi connectivity index (χ0) is 26.8. The van der Waals surface area contributed by atoms with E-state index in [2.05, 4.69) is 103 Å². The second kappa shape index (κ2) is 10.9. The molecule has 0 unspecified atom stereocenters. The minimum absolute atomic E-state index is 0.000690. The smallest absolute Gasteiger partial charge is 0.123 e. The molecule has 0 fully saturated rings. The Balaban J connectivity index is 1.98. The third-order valence-electron chi connectivity index (χ3n) is 7.74. The second-order valence-electron chi connectivity index (χ2n) is 12.9. The van der Waals surface area contributed by atoms with Gasteiger partial charge >= 0.3 is 0 Å². The van der Waals surface area contributed by atoms with Gasteiger partial charge in [0.05, 0.1) is 0 Å². The summed E-state index contributed by atoms with van der Waals surface area (Å²) in [5, 5.41) is 16.3. The summed E-state index contributed by atoms with van der Waals surface area (Å²) in [7, 11) is 0. The molecule has 4 aromatic carbocycles. The summed E-state index contributed by atoms with van der Waals surface area (Å²) in [4.78, 5) is 0. The first kappa shape index (κ1) is 27.2. The van der Waals surface area contributed by atoms with Crippen molar-refractivity contribution < 1.29 is 5.11 Å². The maximum absolute atomic E-state index is 11.3. The summed E-state index contributed by atoms with van der Waals surface area (Å²) < 4.78 is 0. The second-order valence-corrected chi connectivity index (χ2v) is 12.9. The first-order valence-electron chi connectivity index (χ1n) is 14.3. The molecule has 0 aromatic heterocycles. The van der Waals surface area contributed by atoms with Crippen LogP contribution >= 0.6 is 0 Å². The predicted molar refractivity (Wildman–Crippen MR) is 163 cm³/mol. The molecule has 1 heteroatoms. The fourth-order valence-corrected chi connectivity index (χ4v) is 6.17. The lowest BCUT2D eigenvalue weighted by atomic mass is 9.72. The number of rotatable bonds is 9. The van der Waals surface area contributed by atoms with Gasteiger partial charge in [0.2, 0.25) is 0 Å². The van der Waals surface area contributed by atoms with Crippen molar-refractivity contribution in [2.45, 2.75) is 98.8 Å². The normalized spacial score (nSPS) is 12.5. The molecular weight excluding hydrogens is 448 g/mol. The lowest BCUT2D eigenvalue weighted by Gasteiger charge is -2.33. The van der Waals surface area contributed by atoms with E-state index in [1.807, 2.05) is 6.07 Å². The Morgan fingerprint density at radius 3 is 1.95 bits per heavy atom. The molecule has 1 nitrogen and oxygen atoms in total. The number of aromatic hydroxyl groups is 1. The van der Waals surface area contributed by atoms with Crippen LogP contribution < -0.4 is 0 Å². The van der Waals surface area contributed by atoms with Gasteiger partial charge in [0.25, 0.3) is 0 Å². The average molecular weight is 495 g/mol. The van der Waals surface area contributed by atoms with Gasteiger partial charge in [-0.15, -0.1) is 0 Å². The highest BCUT2D eigenvalue weighted by Gasteiger charge is 2.28. The van der Waals surface area contributed by atoms with E-state index in [1.54, 1.807) is 0 Å². The van der Waals surface area contributed by atoms with Crippen LogP contribution in [0.25, 0.3) is 32.7 Å². The number of phenols is 1. The molecule has 0 spiro atoms. The van der Waals surface area contributed by atoms with Gasteiger partial charge in [-0.25, -0.2) is 0 Å². The molecule has 0 amide bonds. The fourth-order valence-electron chi connectivity index (χ4n) is 6.17. The Hall–Kier alpha value is -2.80. The molecule has 0 aliphatic rings. The molecule has 0 aliphatic carbocycles. The van der Waals surface area contributed by atoms with Crippen molar-refractivity contribution >= 4 is 21.5 Å². The third kappa shape index (κ3) is 6.20. The molecule has 0 aliphatic heterocycles. The van der Waals surface area contributed by atoms with Crippen molar-refractivity contribution in [1.82, 2.24) is 0 Å². The summed E-state index contributed by atoms with van der Waals surface area (Å²) in [6, 6.07) is 22.5. The average Bonchev–Trinajstić information content (AvgIpc) is 2.83. The van der Waals surface area contributed by atoms with Crippen LogP contribution in [-0.4, -0.2) is 5.11 Å². The standard InChI is InChI=1S/C36H46O/c1-8-10-12-25-15-18-30-28(20-25)22-27-16-14-26(13-11-9-2)21-31(27)34(30)32-23-29(17-19-33(32)37)36(6,7)24-35(3,4)5/h14-23,37H,8-13,24H2,1-7H3. The van der Waals surface area contributed by atoms with Crippen molar-refractivity contribution in [3.05, 3.63) is 77.4 Å². The highest BCUT2D eigenvalue weighted by molar-refractivity contribution is 6.13. The lowest BCUT2D eigenvalue weighted by Crippen LogP contribution is -2.24.